The quantitative estimate of drug-likeness (QED) is 0.805. The smallest absolute Gasteiger partial charge is 0.217 e. The third-order valence-electron chi connectivity index (χ3n) is 5.04. The molecule has 4 heteroatoms. The molecule has 1 aliphatic rings. The molecule has 130 valence electrons. The van der Waals surface area contributed by atoms with Crippen LogP contribution in [0.15, 0.2) is 42.6 Å². The van der Waals surface area contributed by atoms with E-state index in [4.69, 9.17) is 10.00 Å². The number of pyridine rings is 1. The summed E-state index contributed by atoms with van der Waals surface area (Å²) in [7, 11) is 1.68. The van der Waals surface area contributed by atoms with Gasteiger partial charge in [-0.05, 0) is 68.5 Å². The normalized spacial score (nSPS) is 15.7. The summed E-state index contributed by atoms with van der Waals surface area (Å²) in [6.45, 7) is 3.16. The van der Waals surface area contributed by atoms with Crippen molar-refractivity contribution in [2.75, 3.05) is 20.2 Å². The summed E-state index contributed by atoms with van der Waals surface area (Å²) in [5, 5.41) is 9.00. The summed E-state index contributed by atoms with van der Waals surface area (Å²) in [4.78, 5) is 6.78. The molecule has 0 aliphatic carbocycles. The van der Waals surface area contributed by atoms with Crippen LogP contribution in [0, 0.1) is 17.2 Å². The zero-order chi connectivity index (χ0) is 17.5. The molecule has 0 N–H and O–H groups in total. The van der Waals surface area contributed by atoms with Crippen molar-refractivity contribution >= 4 is 0 Å². The molecule has 2 heterocycles. The SMILES string of the molecule is COc1ncccc1CN1CCC(CCc2cccc(C#N)c2)CC1. The molecule has 25 heavy (non-hydrogen) atoms. The Morgan fingerprint density at radius 3 is 2.84 bits per heavy atom. The Morgan fingerprint density at radius 2 is 2.08 bits per heavy atom. The summed E-state index contributed by atoms with van der Waals surface area (Å²) >= 11 is 0. The van der Waals surface area contributed by atoms with Crippen molar-refractivity contribution in [2.45, 2.75) is 32.2 Å². The average Bonchev–Trinajstić information content (AvgIpc) is 2.68. The monoisotopic (exact) mass is 335 g/mol. The first kappa shape index (κ1) is 17.4. The zero-order valence-electron chi connectivity index (χ0n) is 14.8. The number of nitrogens with zero attached hydrogens (tertiary/aromatic N) is 3. The Balaban J connectivity index is 1.46. The highest BCUT2D eigenvalue weighted by Crippen LogP contribution is 2.25. The van der Waals surface area contributed by atoms with Crippen LogP contribution in [0.1, 0.15) is 36.0 Å². The lowest BCUT2D eigenvalue weighted by atomic mass is 9.90. The van der Waals surface area contributed by atoms with Crippen molar-refractivity contribution in [2.24, 2.45) is 5.92 Å². The minimum atomic E-state index is 0.738. The highest BCUT2D eigenvalue weighted by molar-refractivity contribution is 5.32. The van der Waals surface area contributed by atoms with Crippen LogP contribution in [0.5, 0.6) is 5.88 Å². The zero-order valence-corrected chi connectivity index (χ0v) is 14.8. The number of hydrogen-bond donors (Lipinski definition) is 0. The number of ether oxygens (including phenoxy) is 1. The maximum absolute atomic E-state index is 9.00. The van der Waals surface area contributed by atoms with E-state index in [1.165, 1.54) is 24.8 Å². The molecule has 1 aromatic carbocycles. The van der Waals surface area contributed by atoms with E-state index < -0.39 is 0 Å². The fraction of sp³-hybridized carbons (Fsp3) is 0.429. The summed E-state index contributed by atoms with van der Waals surface area (Å²) in [6, 6.07) is 14.3. The van der Waals surface area contributed by atoms with Crippen LogP contribution in [0.25, 0.3) is 0 Å². The fourth-order valence-electron chi connectivity index (χ4n) is 3.57. The number of rotatable bonds is 6. The highest BCUT2D eigenvalue weighted by atomic mass is 16.5. The predicted molar refractivity (Wildman–Crippen MR) is 98.3 cm³/mol. The largest absolute Gasteiger partial charge is 0.481 e. The maximum Gasteiger partial charge on any atom is 0.217 e. The number of benzene rings is 1. The molecule has 2 aromatic rings. The van der Waals surface area contributed by atoms with E-state index in [1.807, 2.05) is 24.3 Å². The van der Waals surface area contributed by atoms with E-state index in [0.717, 1.165) is 49.0 Å². The molecule has 1 aromatic heterocycles. The van der Waals surface area contributed by atoms with Crippen LogP contribution < -0.4 is 4.74 Å². The van der Waals surface area contributed by atoms with E-state index in [2.05, 4.69) is 28.1 Å². The molecule has 0 atom stereocenters. The number of aromatic nitrogens is 1. The van der Waals surface area contributed by atoms with Gasteiger partial charge in [-0.2, -0.15) is 5.26 Å². The van der Waals surface area contributed by atoms with E-state index in [-0.39, 0.29) is 0 Å². The summed E-state index contributed by atoms with van der Waals surface area (Å²) < 4.78 is 5.35. The first-order chi connectivity index (χ1) is 12.3. The van der Waals surface area contributed by atoms with Gasteiger partial charge in [0.15, 0.2) is 0 Å². The second kappa shape index (κ2) is 8.64. The van der Waals surface area contributed by atoms with Crippen molar-refractivity contribution in [1.29, 1.82) is 5.26 Å². The molecule has 1 fully saturated rings. The molecule has 0 radical (unpaired) electrons. The number of nitriles is 1. The van der Waals surface area contributed by atoms with Crippen molar-refractivity contribution in [1.82, 2.24) is 9.88 Å². The molecular formula is C21H25N3O. The second-order valence-corrected chi connectivity index (χ2v) is 6.74. The van der Waals surface area contributed by atoms with Crippen molar-refractivity contribution in [3.05, 3.63) is 59.3 Å². The van der Waals surface area contributed by atoms with Gasteiger partial charge in [-0.3, -0.25) is 4.90 Å². The molecule has 1 aliphatic heterocycles. The summed E-state index contributed by atoms with van der Waals surface area (Å²) in [6.07, 6.45) is 6.52. The minimum Gasteiger partial charge on any atom is -0.481 e. The maximum atomic E-state index is 9.00. The Hall–Kier alpha value is -2.38. The minimum absolute atomic E-state index is 0.738. The van der Waals surface area contributed by atoms with Crippen LogP contribution in [0.2, 0.25) is 0 Å². The average molecular weight is 335 g/mol. The standard InChI is InChI=1S/C21H25N3O/c1-25-21-20(6-3-11-23-21)16-24-12-9-17(10-13-24)7-8-18-4-2-5-19(14-18)15-22/h2-6,11,14,17H,7-10,12-13,16H2,1H3. The molecule has 4 nitrogen and oxygen atoms in total. The fourth-order valence-corrected chi connectivity index (χ4v) is 3.57. The molecular weight excluding hydrogens is 310 g/mol. The van der Waals surface area contributed by atoms with Gasteiger partial charge in [-0.1, -0.05) is 18.2 Å². The summed E-state index contributed by atoms with van der Waals surface area (Å²) in [5.74, 6) is 1.51. The Labute approximate surface area is 150 Å². The lowest BCUT2D eigenvalue weighted by Crippen LogP contribution is -2.33. The van der Waals surface area contributed by atoms with Crippen LogP contribution in [0.4, 0.5) is 0 Å². The van der Waals surface area contributed by atoms with Gasteiger partial charge in [0.1, 0.15) is 0 Å². The number of piperidine rings is 1. The number of hydrogen-bond acceptors (Lipinski definition) is 4. The Bertz CT molecular complexity index is 730. The van der Waals surface area contributed by atoms with Gasteiger partial charge in [-0.25, -0.2) is 4.98 Å². The van der Waals surface area contributed by atoms with Crippen LogP contribution in [-0.2, 0) is 13.0 Å². The van der Waals surface area contributed by atoms with Gasteiger partial charge in [0, 0.05) is 18.3 Å². The lowest BCUT2D eigenvalue weighted by molar-refractivity contribution is 0.170. The van der Waals surface area contributed by atoms with Crippen molar-refractivity contribution in [3.8, 4) is 11.9 Å². The lowest BCUT2D eigenvalue weighted by Gasteiger charge is -2.32. The van der Waals surface area contributed by atoms with Crippen molar-refractivity contribution < 1.29 is 4.74 Å². The molecule has 0 spiro atoms. The number of likely N-dealkylation sites (tertiary alicyclic amines) is 1. The van der Waals surface area contributed by atoms with Crippen molar-refractivity contribution in [3.63, 3.8) is 0 Å². The van der Waals surface area contributed by atoms with Gasteiger partial charge >= 0.3 is 0 Å². The molecule has 0 unspecified atom stereocenters. The third kappa shape index (κ3) is 4.80. The molecule has 3 rings (SSSR count). The first-order valence-corrected chi connectivity index (χ1v) is 8.98. The predicted octanol–water partition coefficient (Wildman–Crippen LogP) is 3.81. The van der Waals surface area contributed by atoms with Gasteiger partial charge in [0.2, 0.25) is 5.88 Å². The van der Waals surface area contributed by atoms with Crippen LogP contribution in [-0.4, -0.2) is 30.1 Å². The van der Waals surface area contributed by atoms with E-state index in [0.29, 0.717) is 0 Å². The molecule has 0 amide bonds. The molecule has 0 saturated carbocycles. The van der Waals surface area contributed by atoms with Gasteiger partial charge in [0.05, 0.1) is 18.7 Å². The molecule has 0 bridgehead atoms. The van der Waals surface area contributed by atoms with E-state index >= 15 is 0 Å². The Kier molecular flexibility index (Phi) is 6.03. The van der Waals surface area contributed by atoms with Gasteiger partial charge < -0.3 is 4.74 Å². The highest BCUT2D eigenvalue weighted by Gasteiger charge is 2.20. The number of methoxy groups -OCH3 is 1. The van der Waals surface area contributed by atoms with Gasteiger partial charge in [-0.15, -0.1) is 0 Å². The first-order valence-electron chi connectivity index (χ1n) is 8.98. The van der Waals surface area contributed by atoms with Crippen LogP contribution >= 0.6 is 0 Å². The third-order valence-corrected chi connectivity index (χ3v) is 5.04. The van der Waals surface area contributed by atoms with E-state index in [1.54, 1.807) is 13.3 Å². The second-order valence-electron chi connectivity index (χ2n) is 6.74. The van der Waals surface area contributed by atoms with Gasteiger partial charge in [0.25, 0.3) is 0 Å². The van der Waals surface area contributed by atoms with E-state index in [9.17, 15) is 0 Å². The van der Waals surface area contributed by atoms with Crippen LogP contribution in [0.3, 0.4) is 0 Å². The topological polar surface area (TPSA) is 49.1 Å². The molecule has 1 saturated heterocycles. The Morgan fingerprint density at radius 1 is 1.24 bits per heavy atom. The number of aryl methyl sites for hydroxylation is 1. The summed E-state index contributed by atoms with van der Waals surface area (Å²) in [5.41, 5.74) is 3.20.